The van der Waals surface area contributed by atoms with Gasteiger partial charge in [-0.2, -0.15) is 0 Å². The summed E-state index contributed by atoms with van der Waals surface area (Å²) >= 11 is 12.2. The summed E-state index contributed by atoms with van der Waals surface area (Å²) < 4.78 is 36.3. The van der Waals surface area contributed by atoms with E-state index in [4.69, 9.17) is 32.7 Å². The van der Waals surface area contributed by atoms with Gasteiger partial charge in [-0.1, -0.05) is 23.2 Å². The van der Waals surface area contributed by atoms with Gasteiger partial charge in [0.1, 0.15) is 11.5 Å². The van der Waals surface area contributed by atoms with Crippen molar-refractivity contribution in [3.05, 3.63) is 52.0 Å². The maximum Gasteiger partial charge on any atom is 0.232 e. The van der Waals surface area contributed by atoms with Gasteiger partial charge in [-0.05, 0) is 49.7 Å². The predicted molar refractivity (Wildman–Crippen MR) is 124 cm³/mol. The van der Waals surface area contributed by atoms with Crippen molar-refractivity contribution in [2.45, 2.75) is 25.8 Å². The number of carbonyl (C=O) groups excluding carboxylic acids is 1. The topological polar surface area (TPSA) is 84.9 Å². The molecule has 0 saturated heterocycles. The molecule has 0 fully saturated rings. The number of amides is 1. The molecule has 1 unspecified atom stereocenters. The number of ether oxygens (including phenoxy) is 2. The molecule has 0 aliphatic rings. The molecule has 0 spiro atoms. The van der Waals surface area contributed by atoms with E-state index in [0.29, 0.717) is 22.9 Å². The van der Waals surface area contributed by atoms with Crippen LogP contribution in [0.5, 0.6) is 11.5 Å². The Morgan fingerprint density at radius 1 is 1.13 bits per heavy atom. The fraction of sp³-hybridized carbons (Fsp3) is 0.381. The van der Waals surface area contributed by atoms with Gasteiger partial charge in [-0.15, -0.1) is 0 Å². The van der Waals surface area contributed by atoms with E-state index in [1.807, 2.05) is 6.92 Å². The van der Waals surface area contributed by atoms with Crippen molar-refractivity contribution in [2.24, 2.45) is 0 Å². The summed E-state index contributed by atoms with van der Waals surface area (Å²) in [5.74, 6) is 1.06. The molecular formula is C21H26Cl2N2O5S. The lowest BCUT2D eigenvalue weighted by Crippen LogP contribution is -2.33. The number of nitrogens with one attached hydrogen (secondary N) is 1. The fourth-order valence-corrected chi connectivity index (χ4v) is 4.50. The van der Waals surface area contributed by atoms with Crippen molar-refractivity contribution in [1.29, 1.82) is 0 Å². The minimum Gasteiger partial charge on any atom is -0.497 e. The number of methoxy groups -OCH3 is 2. The highest BCUT2D eigenvalue weighted by atomic mass is 35.5. The number of carbonyl (C=O) groups is 1. The second-order valence-electron chi connectivity index (χ2n) is 6.93. The van der Waals surface area contributed by atoms with E-state index >= 15 is 0 Å². The molecule has 2 rings (SSSR count). The van der Waals surface area contributed by atoms with Gasteiger partial charge in [0, 0.05) is 23.6 Å². The van der Waals surface area contributed by atoms with Crippen LogP contribution in [0.1, 0.15) is 31.4 Å². The zero-order valence-electron chi connectivity index (χ0n) is 17.8. The third kappa shape index (κ3) is 6.92. The van der Waals surface area contributed by atoms with Gasteiger partial charge < -0.3 is 14.8 Å². The zero-order chi connectivity index (χ0) is 23.2. The molecule has 1 amide bonds. The Hall–Kier alpha value is -2.16. The fourth-order valence-electron chi connectivity index (χ4n) is 3.09. The third-order valence-corrected chi connectivity index (χ3v) is 6.36. The lowest BCUT2D eigenvalue weighted by Gasteiger charge is -2.24. The Bertz CT molecular complexity index is 1030. The van der Waals surface area contributed by atoms with Crippen LogP contribution in [0.15, 0.2) is 36.4 Å². The molecular weight excluding hydrogens is 463 g/mol. The summed E-state index contributed by atoms with van der Waals surface area (Å²) in [6, 6.07) is 9.63. The molecule has 0 saturated carbocycles. The van der Waals surface area contributed by atoms with Gasteiger partial charge in [0.15, 0.2) is 0 Å². The van der Waals surface area contributed by atoms with Gasteiger partial charge in [0.2, 0.25) is 15.9 Å². The van der Waals surface area contributed by atoms with Crippen molar-refractivity contribution in [2.75, 3.05) is 31.3 Å². The van der Waals surface area contributed by atoms with Crippen LogP contribution in [-0.2, 0) is 14.8 Å². The largest absolute Gasteiger partial charge is 0.497 e. The summed E-state index contributed by atoms with van der Waals surface area (Å²) in [6.45, 7) is 1.92. The average Bonchev–Trinajstić information content (AvgIpc) is 2.71. The smallest absolute Gasteiger partial charge is 0.232 e. The average molecular weight is 489 g/mol. The molecule has 0 aliphatic heterocycles. The molecule has 1 atom stereocenters. The van der Waals surface area contributed by atoms with E-state index in [1.165, 1.54) is 12.1 Å². The Labute approximate surface area is 193 Å². The van der Waals surface area contributed by atoms with Crippen molar-refractivity contribution >= 4 is 44.8 Å². The van der Waals surface area contributed by atoms with Crippen LogP contribution in [0.4, 0.5) is 5.69 Å². The number of hydrogen-bond donors (Lipinski definition) is 1. The number of hydrogen-bond acceptors (Lipinski definition) is 5. The van der Waals surface area contributed by atoms with E-state index < -0.39 is 10.0 Å². The first kappa shape index (κ1) is 25.1. The maximum absolute atomic E-state index is 12.5. The molecule has 0 heterocycles. The highest BCUT2D eigenvalue weighted by Crippen LogP contribution is 2.31. The molecule has 2 aromatic rings. The number of benzene rings is 2. The van der Waals surface area contributed by atoms with Crippen LogP contribution in [0.2, 0.25) is 10.0 Å². The number of sulfonamides is 1. The number of nitrogens with zero attached hydrogens (tertiary/aromatic N) is 1. The van der Waals surface area contributed by atoms with E-state index in [2.05, 4.69) is 5.32 Å². The van der Waals surface area contributed by atoms with E-state index in [0.717, 1.165) is 16.1 Å². The Kier molecular flexibility index (Phi) is 8.85. The second kappa shape index (κ2) is 10.9. The second-order valence-corrected chi connectivity index (χ2v) is 9.68. The van der Waals surface area contributed by atoms with Crippen molar-refractivity contribution < 1.29 is 22.7 Å². The lowest BCUT2D eigenvalue weighted by atomic mass is 10.1. The summed E-state index contributed by atoms with van der Waals surface area (Å²) in [4.78, 5) is 12.5. The number of halogens is 2. The summed E-state index contributed by atoms with van der Waals surface area (Å²) in [5, 5.41) is 3.53. The minimum absolute atomic E-state index is 0.0865. The van der Waals surface area contributed by atoms with Crippen molar-refractivity contribution in [3.63, 3.8) is 0 Å². The monoisotopic (exact) mass is 488 g/mol. The summed E-state index contributed by atoms with van der Waals surface area (Å²) in [6.07, 6.45) is 1.51. The Balaban J connectivity index is 2.04. The molecule has 170 valence electrons. The molecule has 0 bridgehead atoms. The highest BCUT2D eigenvalue weighted by molar-refractivity contribution is 7.92. The molecule has 0 aliphatic carbocycles. The first-order chi connectivity index (χ1) is 14.6. The van der Waals surface area contributed by atoms with Crippen molar-refractivity contribution in [1.82, 2.24) is 5.32 Å². The standard InChI is InChI=1S/C21H26Cl2N2O5S/c1-14(17-13-16(29-2)8-10-20(17)30-3)24-21(26)6-5-11-25(31(4,27)28)19-12-15(22)7-9-18(19)23/h7-10,12-14H,5-6,11H2,1-4H3,(H,24,26). The Morgan fingerprint density at radius 2 is 1.84 bits per heavy atom. The summed E-state index contributed by atoms with van der Waals surface area (Å²) in [5.41, 5.74) is 1.06. The van der Waals surface area contributed by atoms with Crippen LogP contribution in [0.25, 0.3) is 0 Å². The third-order valence-electron chi connectivity index (χ3n) is 4.62. The van der Waals surface area contributed by atoms with Crippen LogP contribution >= 0.6 is 23.2 Å². The van der Waals surface area contributed by atoms with Crippen LogP contribution in [0, 0.1) is 0 Å². The van der Waals surface area contributed by atoms with Crippen LogP contribution in [0.3, 0.4) is 0 Å². The first-order valence-electron chi connectivity index (χ1n) is 9.51. The van der Waals surface area contributed by atoms with Gasteiger partial charge in [0.05, 0.1) is 37.2 Å². The van der Waals surface area contributed by atoms with E-state index in [-0.39, 0.29) is 35.6 Å². The molecule has 10 heteroatoms. The first-order valence-corrected chi connectivity index (χ1v) is 12.1. The number of rotatable bonds is 10. The molecule has 7 nitrogen and oxygen atoms in total. The van der Waals surface area contributed by atoms with E-state index in [9.17, 15) is 13.2 Å². The van der Waals surface area contributed by atoms with Crippen molar-refractivity contribution in [3.8, 4) is 11.5 Å². The molecule has 31 heavy (non-hydrogen) atoms. The Morgan fingerprint density at radius 3 is 2.45 bits per heavy atom. The quantitative estimate of drug-likeness (QED) is 0.534. The van der Waals surface area contributed by atoms with E-state index in [1.54, 1.807) is 38.5 Å². The predicted octanol–water partition coefficient (Wildman–Crippen LogP) is 4.43. The molecule has 2 aromatic carbocycles. The SMILES string of the molecule is COc1ccc(OC)c(C(C)NC(=O)CCCN(c2cc(Cl)ccc2Cl)S(C)(=O)=O)c1. The summed E-state index contributed by atoms with van der Waals surface area (Å²) in [7, 11) is -0.490. The lowest BCUT2D eigenvalue weighted by molar-refractivity contribution is -0.121. The van der Waals surface area contributed by atoms with Crippen LogP contribution < -0.4 is 19.1 Å². The van der Waals surface area contributed by atoms with Gasteiger partial charge in [-0.3, -0.25) is 9.10 Å². The van der Waals surface area contributed by atoms with Gasteiger partial charge in [-0.25, -0.2) is 8.42 Å². The molecule has 1 N–H and O–H groups in total. The zero-order valence-corrected chi connectivity index (χ0v) is 20.1. The number of anilines is 1. The normalized spacial score (nSPS) is 12.2. The minimum atomic E-state index is -3.61. The molecule has 0 aromatic heterocycles. The molecule has 0 radical (unpaired) electrons. The van der Waals surface area contributed by atoms with Crippen LogP contribution in [-0.4, -0.2) is 41.3 Å². The van der Waals surface area contributed by atoms with Gasteiger partial charge in [0.25, 0.3) is 0 Å². The van der Waals surface area contributed by atoms with Gasteiger partial charge >= 0.3 is 0 Å². The highest BCUT2D eigenvalue weighted by Gasteiger charge is 2.21. The maximum atomic E-state index is 12.5.